The molecule has 3 N–H and O–H groups in total. The highest BCUT2D eigenvalue weighted by Gasteiger charge is 2.18. The van der Waals surface area contributed by atoms with Crippen LogP contribution in [0.1, 0.15) is 412 Å². The second kappa shape index (κ2) is 71.6. The predicted octanol–water partition coefficient (Wildman–Crippen LogP) is 25.3. The fraction of sp³-hybridized carbons (Fsp3) is 0.882. The average Bonchev–Trinajstić information content (AvgIpc) is 3.46. The van der Waals surface area contributed by atoms with Gasteiger partial charge in [-0.2, -0.15) is 0 Å². The molecule has 472 valence electrons. The lowest BCUT2D eigenvalue weighted by molar-refractivity contribution is -0.123. The molecule has 4 nitrogen and oxygen atoms in total. The minimum atomic E-state index is -0.863. The molecule has 0 aliphatic rings. The topological polar surface area (TPSA) is 69.6 Å². The standard InChI is InChI=1S/C76H145NO3/c1-3-5-7-9-11-13-15-17-19-21-23-25-27-29-31-32-33-34-35-36-37-38-39-40-41-42-43-44-46-48-50-52-54-56-58-60-62-64-66-68-70-72-76(80)77-74(73-78)75(79)71-69-67-65-63-61-59-57-55-53-51-49-47-45-30-28-26-24-22-20-18-16-14-12-10-8-6-4-2/h15,17,21,23,61,63,69,71,74-75,78-79H,3-14,16,18-20,22,24-60,62,64-68,70,72-73H2,1-2H3,(H,77,80)/b17-15-,23-21-,63-61+,71-69+. The van der Waals surface area contributed by atoms with Gasteiger partial charge in [0.25, 0.3) is 0 Å². The summed E-state index contributed by atoms with van der Waals surface area (Å²) < 4.78 is 0. The smallest absolute Gasteiger partial charge is 0.220 e. The van der Waals surface area contributed by atoms with Gasteiger partial charge in [0.1, 0.15) is 0 Å². The predicted molar refractivity (Wildman–Crippen MR) is 359 cm³/mol. The zero-order chi connectivity index (χ0) is 57.6. The van der Waals surface area contributed by atoms with Crippen molar-refractivity contribution in [3.63, 3.8) is 0 Å². The zero-order valence-electron chi connectivity index (χ0n) is 54.6. The quantitative estimate of drug-likeness (QED) is 0.0420. The van der Waals surface area contributed by atoms with Gasteiger partial charge in [-0.1, -0.05) is 390 Å². The number of nitrogens with one attached hydrogen (secondary N) is 1. The maximum atomic E-state index is 12.5. The molecule has 0 aromatic rings. The Balaban J connectivity index is 3.41. The average molecular weight is 1120 g/mol. The Morgan fingerprint density at radius 1 is 0.300 bits per heavy atom. The third-order valence-electron chi connectivity index (χ3n) is 17.3. The molecule has 0 rings (SSSR count). The van der Waals surface area contributed by atoms with E-state index in [0.29, 0.717) is 6.42 Å². The van der Waals surface area contributed by atoms with E-state index in [9.17, 15) is 15.0 Å². The van der Waals surface area contributed by atoms with Crippen LogP contribution in [0.4, 0.5) is 0 Å². The van der Waals surface area contributed by atoms with Crippen molar-refractivity contribution in [3.8, 4) is 0 Å². The molecule has 0 aliphatic carbocycles. The maximum Gasteiger partial charge on any atom is 0.220 e. The molecule has 0 aliphatic heterocycles. The molecule has 80 heavy (non-hydrogen) atoms. The van der Waals surface area contributed by atoms with Crippen LogP contribution in [0.3, 0.4) is 0 Å². The van der Waals surface area contributed by atoms with Gasteiger partial charge < -0.3 is 15.5 Å². The van der Waals surface area contributed by atoms with Crippen molar-refractivity contribution in [1.29, 1.82) is 0 Å². The molecule has 1 amide bonds. The first kappa shape index (κ1) is 78.4. The Hall–Kier alpha value is -1.65. The normalized spacial score (nSPS) is 12.9. The van der Waals surface area contributed by atoms with Crippen LogP contribution in [-0.2, 0) is 4.79 Å². The Morgan fingerprint density at radius 2 is 0.525 bits per heavy atom. The number of aliphatic hydroxyl groups is 2. The van der Waals surface area contributed by atoms with Gasteiger partial charge in [-0.05, 0) is 64.2 Å². The van der Waals surface area contributed by atoms with Crippen LogP contribution in [0, 0.1) is 0 Å². The molecule has 0 heterocycles. The minimum absolute atomic E-state index is 0.0651. The van der Waals surface area contributed by atoms with E-state index in [4.69, 9.17) is 0 Å². The molecule has 0 saturated carbocycles. The van der Waals surface area contributed by atoms with Gasteiger partial charge in [0.15, 0.2) is 0 Å². The second-order valence-electron chi connectivity index (χ2n) is 25.4. The molecule has 2 unspecified atom stereocenters. The zero-order valence-corrected chi connectivity index (χ0v) is 54.6. The summed E-state index contributed by atoms with van der Waals surface area (Å²) in [6.07, 6.45) is 101. The van der Waals surface area contributed by atoms with E-state index in [1.807, 2.05) is 6.08 Å². The fourth-order valence-electron chi connectivity index (χ4n) is 11.7. The molecule has 0 saturated heterocycles. The van der Waals surface area contributed by atoms with Gasteiger partial charge >= 0.3 is 0 Å². The van der Waals surface area contributed by atoms with E-state index in [-0.39, 0.29) is 12.5 Å². The van der Waals surface area contributed by atoms with Crippen LogP contribution in [0.2, 0.25) is 0 Å². The van der Waals surface area contributed by atoms with Crippen molar-refractivity contribution in [2.45, 2.75) is 424 Å². The van der Waals surface area contributed by atoms with Crippen molar-refractivity contribution in [3.05, 3.63) is 48.6 Å². The molecule has 4 heteroatoms. The Morgan fingerprint density at radius 3 is 0.800 bits per heavy atom. The highest BCUT2D eigenvalue weighted by Crippen LogP contribution is 2.19. The van der Waals surface area contributed by atoms with E-state index in [1.165, 1.54) is 353 Å². The number of hydrogen-bond acceptors (Lipinski definition) is 3. The summed E-state index contributed by atoms with van der Waals surface area (Å²) in [6, 6.07) is -0.640. The van der Waals surface area contributed by atoms with Crippen LogP contribution in [0.15, 0.2) is 48.6 Å². The SMILES string of the molecule is CCCCCCC/C=C\C/C=C\CCCCCCCCCCCCCCCCCCCCCCCCCCCCCCCC(=O)NC(CO)C(O)/C=C/CC/C=C/CCCCCCCCCCCCCCCCCCCCCCC. The van der Waals surface area contributed by atoms with Crippen LogP contribution < -0.4 is 5.32 Å². The van der Waals surface area contributed by atoms with Crippen molar-refractivity contribution in [2.24, 2.45) is 0 Å². The Labute approximate surface area is 503 Å². The highest BCUT2D eigenvalue weighted by atomic mass is 16.3. The largest absolute Gasteiger partial charge is 0.394 e. The molecule has 0 aromatic heterocycles. The number of amides is 1. The summed E-state index contributed by atoms with van der Waals surface area (Å²) >= 11 is 0. The number of aliphatic hydroxyl groups excluding tert-OH is 2. The first-order chi connectivity index (χ1) is 39.7. The van der Waals surface area contributed by atoms with E-state index in [2.05, 4.69) is 55.6 Å². The van der Waals surface area contributed by atoms with Gasteiger partial charge in [-0.15, -0.1) is 0 Å². The van der Waals surface area contributed by atoms with E-state index >= 15 is 0 Å². The van der Waals surface area contributed by atoms with E-state index < -0.39 is 12.1 Å². The van der Waals surface area contributed by atoms with Crippen molar-refractivity contribution in [2.75, 3.05) is 6.61 Å². The lowest BCUT2D eigenvalue weighted by Gasteiger charge is -2.19. The summed E-state index contributed by atoms with van der Waals surface area (Å²) in [5.74, 6) is -0.0651. The third-order valence-corrected chi connectivity index (χ3v) is 17.3. The maximum absolute atomic E-state index is 12.5. The van der Waals surface area contributed by atoms with Gasteiger partial charge in [0.05, 0.1) is 18.8 Å². The highest BCUT2D eigenvalue weighted by molar-refractivity contribution is 5.76. The summed E-state index contributed by atoms with van der Waals surface area (Å²) in [7, 11) is 0. The summed E-state index contributed by atoms with van der Waals surface area (Å²) in [5, 5.41) is 23.3. The lowest BCUT2D eigenvalue weighted by atomic mass is 10.0. The van der Waals surface area contributed by atoms with Gasteiger partial charge in [0.2, 0.25) is 5.91 Å². The van der Waals surface area contributed by atoms with E-state index in [1.54, 1.807) is 6.08 Å². The number of allylic oxidation sites excluding steroid dienone is 7. The Kier molecular flexibility index (Phi) is 70.1. The molecule has 2 atom stereocenters. The molecule has 0 spiro atoms. The number of unbranched alkanes of at least 4 members (excludes halogenated alkanes) is 56. The van der Waals surface area contributed by atoms with Crippen LogP contribution >= 0.6 is 0 Å². The first-order valence-corrected chi connectivity index (χ1v) is 36.9. The molecule has 0 aromatic carbocycles. The number of rotatable bonds is 69. The first-order valence-electron chi connectivity index (χ1n) is 36.9. The summed E-state index contributed by atoms with van der Waals surface area (Å²) in [4.78, 5) is 12.5. The van der Waals surface area contributed by atoms with Gasteiger partial charge in [0, 0.05) is 6.42 Å². The monoisotopic (exact) mass is 1120 g/mol. The van der Waals surface area contributed by atoms with Crippen molar-refractivity contribution < 1.29 is 15.0 Å². The minimum Gasteiger partial charge on any atom is -0.394 e. The third kappa shape index (κ3) is 67.1. The van der Waals surface area contributed by atoms with Gasteiger partial charge in [-0.25, -0.2) is 0 Å². The van der Waals surface area contributed by atoms with Crippen LogP contribution in [0.5, 0.6) is 0 Å². The van der Waals surface area contributed by atoms with Gasteiger partial charge in [-0.3, -0.25) is 4.79 Å². The summed E-state index contributed by atoms with van der Waals surface area (Å²) in [6.45, 7) is 4.33. The summed E-state index contributed by atoms with van der Waals surface area (Å²) in [5.41, 5.74) is 0. The second-order valence-corrected chi connectivity index (χ2v) is 25.4. The molecular formula is C76H145NO3. The number of carbonyl (C=O) groups excluding carboxylic acids is 1. The van der Waals surface area contributed by atoms with Crippen molar-refractivity contribution in [1.82, 2.24) is 5.32 Å². The Bertz CT molecular complexity index is 1270. The molecule has 0 fully saturated rings. The lowest BCUT2D eigenvalue weighted by Crippen LogP contribution is -2.45. The van der Waals surface area contributed by atoms with Crippen LogP contribution in [-0.4, -0.2) is 34.9 Å². The van der Waals surface area contributed by atoms with Crippen molar-refractivity contribution >= 4 is 5.91 Å². The van der Waals surface area contributed by atoms with E-state index in [0.717, 1.165) is 38.5 Å². The molecular weight excluding hydrogens is 975 g/mol. The fourth-order valence-corrected chi connectivity index (χ4v) is 11.7. The molecule has 0 bridgehead atoms. The number of hydrogen-bond donors (Lipinski definition) is 3. The number of carbonyl (C=O) groups is 1. The molecule has 0 radical (unpaired) electrons. The van der Waals surface area contributed by atoms with Crippen LogP contribution in [0.25, 0.3) is 0 Å².